The second-order valence-corrected chi connectivity index (χ2v) is 6.08. The first kappa shape index (κ1) is 14.5. The fourth-order valence-electron chi connectivity index (χ4n) is 2.36. The highest BCUT2D eigenvalue weighted by atomic mass is 79.9. The zero-order valence-corrected chi connectivity index (χ0v) is 13.6. The first-order valence-corrected chi connectivity index (χ1v) is 7.77. The Morgan fingerprint density at radius 2 is 2.10 bits per heavy atom. The number of nitrogens with zero attached hydrogens (tertiary/aromatic N) is 3. The smallest absolute Gasteiger partial charge is 0.164 e. The highest BCUT2D eigenvalue weighted by Crippen LogP contribution is 2.24. The Bertz CT molecular complexity index is 796. The van der Waals surface area contributed by atoms with Crippen molar-refractivity contribution in [1.29, 1.82) is 0 Å². The highest BCUT2D eigenvalue weighted by molar-refractivity contribution is 9.10. The van der Waals surface area contributed by atoms with Crippen molar-refractivity contribution in [2.75, 3.05) is 5.88 Å². The number of aryl methyl sites for hydroxylation is 2. The molecule has 0 amide bonds. The van der Waals surface area contributed by atoms with Gasteiger partial charge in [0.1, 0.15) is 17.2 Å². The van der Waals surface area contributed by atoms with Crippen LogP contribution < -0.4 is 0 Å². The zero-order chi connectivity index (χ0) is 15.0. The van der Waals surface area contributed by atoms with E-state index in [2.05, 4.69) is 25.9 Å². The molecule has 0 aliphatic rings. The van der Waals surface area contributed by atoms with Gasteiger partial charge < -0.3 is 0 Å². The molecule has 6 heteroatoms. The van der Waals surface area contributed by atoms with Crippen molar-refractivity contribution in [1.82, 2.24) is 14.5 Å². The molecule has 0 N–H and O–H groups in total. The largest absolute Gasteiger partial charge is 0.281 e. The number of imidazole rings is 1. The van der Waals surface area contributed by atoms with Gasteiger partial charge in [0.2, 0.25) is 0 Å². The second-order valence-electron chi connectivity index (χ2n) is 4.79. The third-order valence-electron chi connectivity index (χ3n) is 3.14. The van der Waals surface area contributed by atoms with Crippen molar-refractivity contribution >= 4 is 38.7 Å². The Morgan fingerprint density at radius 3 is 2.81 bits per heavy atom. The minimum atomic E-state index is -0.277. The normalized spacial score (nSPS) is 11.2. The van der Waals surface area contributed by atoms with Crippen LogP contribution in [0.1, 0.15) is 11.4 Å². The molecule has 0 aliphatic carbocycles. The van der Waals surface area contributed by atoms with Crippen LogP contribution in [0.4, 0.5) is 4.39 Å². The average Bonchev–Trinajstić information content (AvgIpc) is 2.75. The molecule has 0 fully saturated rings. The van der Waals surface area contributed by atoms with Crippen LogP contribution in [0.25, 0.3) is 16.9 Å². The van der Waals surface area contributed by atoms with Crippen LogP contribution >= 0.6 is 27.5 Å². The van der Waals surface area contributed by atoms with E-state index >= 15 is 0 Å². The lowest BCUT2D eigenvalue weighted by Crippen LogP contribution is -2.04. The maximum absolute atomic E-state index is 13.7. The number of benzene rings is 1. The van der Waals surface area contributed by atoms with Crippen LogP contribution in [0.3, 0.4) is 0 Å². The summed E-state index contributed by atoms with van der Waals surface area (Å²) in [6.45, 7) is 1.86. The number of halogens is 3. The van der Waals surface area contributed by atoms with E-state index in [9.17, 15) is 4.39 Å². The molecule has 3 aromatic rings. The van der Waals surface area contributed by atoms with Crippen molar-refractivity contribution in [2.24, 2.45) is 0 Å². The third-order valence-corrected chi connectivity index (χ3v) is 3.76. The Balaban J connectivity index is 2.30. The molecule has 0 radical (unpaired) electrons. The molecule has 2 aromatic heterocycles. The molecule has 0 saturated carbocycles. The van der Waals surface area contributed by atoms with E-state index in [0.29, 0.717) is 23.6 Å². The van der Waals surface area contributed by atoms with Gasteiger partial charge in [0.25, 0.3) is 0 Å². The predicted molar refractivity (Wildman–Crippen MR) is 85.7 cm³/mol. The van der Waals surface area contributed by atoms with Crippen molar-refractivity contribution in [3.8, 4) is 5.69 Å². The summed E-state index contributed by atoms with van der Waals surface area (Å²) in [5, 5.41) is 0. The van der Waals surface area contributed by atoms with Gasteiger partial charge in [-0.15, -0.1) is 11.6 Å². The third kappa shape index (κ3) is 2.80. The Morgan fingerprint density at radius 1 is 1.29 bits per heavy atom. The molecular weight excluding hydrogens is 357 g/mol. The van der Waals surface area contributed by atoms with E-state index in [-0.39, 0.29) is 5.82 Å². The highest BCUT2D eigenvalue weighted by Gasteiger charge is 2.14. The van der Waals surface area contributed by atoms with Crippen LogP contribution in [0.5, 0.6) is 0 Å². The lowest BCUT2D eigenvalue weighted by atomic mass is 10.2. The minimum Gasteiger partial charge on any atom is -0.281 e. The summed E-state index contributed by atoms with van der Waals surface area (Å²) in [6, 6.07) is 6.78. The number of alkyl halides is 1. The van der Waals surface area contributed by atoms with Crippen molar-refractivity contribution < 1.29 is 4.39 Å². The summed E-state index contributed by atoms with van der Waals surface area (Å²) in [7, 11) is 0. The van der Waals surface area contributed by atoms with Crippen LogP contribution in [0.15, 0.2) is 34.9 Å². The number of fused-ring (bicyclic) bond motifs is 1. The van der Waals surface area contributed by atoms with Crippen LogP contribution in [0, 0.1) is 12.7 Å². The van der Waals surface area contributed by atoms with Gasteiger partial charge >= 0.3 is 0 Å². The predicted octanol–water partition coefficient (Wildman–Crippen LogP) is 4.41. The molecule has 2 heterocycles. The number of hydrogen-bond donors (Lipinski definition) is 0. The van der Waals surface area contributed by atoms with Gasteiger partial charge in [-0.3, -0.25) is 4.57 Å². The number of pyridine rings is 1. The van der Waals surface area contributed by atoms with E-state index in [1.54, 1.807) is 6.20 Å². The van der Waals surface area contributed by atoms with Gasteiger partial charge in [0, 0.05) is 23.0 Å². The van der Waals surface area contributed by atoms with Gasteiger partial charge in [-0.1, -0.05) is 0 Å². The zero-order valence-electron chi connectivity index (χ0n) is 11.3. The monoisotopic (exact) mass is 367 g/mol. The lowest BCUT2D eigenvalue weighted by Gasteiger charge is -2.09. The number of aromatic nitrogens is 3. The van der Waals surface area contributed by atoms with Gasteiger partial charge in [-0.05, 0) is 52.7 Å². The summed E-state index contributed by atoms with van der Waals surface area (Å²) in [5.74, 6) is 0.940. The molecule has 21 heavy (non-hydrogen) atoms. The molecule has 108 valence electrons. The summed E-state index contributed by atoms with van der Waals surface area (Å²) < 4.78 is 16.4. The molecule has 0 bridgehead atoms. The van der Waals surface area contributed by atoms with Crippen LogP contribution in [-0.4, -0.2) is 20.4 Å². The summed E-state index contributed by atoms with van der Waals surface area (Å²) in [4.78, 5) is 8.97. The molecule has 3 nitrogen and oxygen atoms in total. The Hall–Kier alpha value is -1.46. The van der Waals surface area contributed by atoms with Crippen molar-refractivity contribution in [3.05, 3.63) is 52.1 Å². The Kier molecular flexibility index (Phi) is 3.95. The summed E-state index contributed by atoms with van der Waals surface area (Å²) in [6.07, 6.45) is 2.29. The number of rotatable bonds is 3. The fourth-order valence-corrected chi connectivity index (χ4v) is 2.85. The maximum Gasteiger partial charge on any atom is 0.164 e. The topological polar surface area (TPSA) is 30.7 Å². The summed E-state index contributed by atoms with van der Waals surface area (Å²) >= 11 is 9.25. The SMILES string of the molecule is Cc1cc(F)cc(-n2c(CCCl)nc3cc(Br)cnc32)c1. The van der Waals surface area contributed by atoms with E-state index in [1.165, 1.54) is 12.1 Å². The molecule has 0 spiro atoms. The fraction of sp³-hybridized carbons (Fsp3) is 0.200. The quantitative estimate of drug-likeness (QED) is 0.641. The average molecular weight is 369 g/mol. The van der Waals surface area contributed by atoms with Crippen molar-refractivity contribution in [2.45, 2.75) is 13.3 Å². The van der Waals surface area contributed by atoms with E-state index < -0.39 is 0 Å². The van der Waals surface area contributed by atoms with E-state index in [4.69, 9.17) is 11.6 Å². The van der Waals surface area contributed by atoms with E-state index in [1.807, 2.05) is 23.6 Å². The van der Waals surface area contributed by atoms with Crippen LogP contribution in [0.2, 0.25) is 0 Å². The van der Waals surface area contributed by atoms with Crippen LogP contribution in [-0.2, 0) is 6.42 Å². The molecule has 0 unspecified atom stereocenters. The first-order valence-electron chi connectivity index (χ1n) is 6.45. The second kappa shape index (κ2) is 5.73. The standard InChI is InChI=1S/C15H12BrClFN3/c1-9-4-11(18)7-12(5-9)21-14(2-3-17)20-13-6-10(16)8-19-15(13)21/h4-8H,2-3H2,1H3. The lowest BCUT2D eigenvalue weighted by molar-refractivity contribution is 0.625. The van der Waals surface area contributed by atoms with Gasteiger partial charge in [0.05, 0.1) is 5.69 Å². The molecule has 3 rings (SSSR count). The van der Waals surface area contributed by atoms with Gasteiger partial charge in [-0.2, -0.15) is 0 Å². The minimum absolute atomic E-state index is 0.277. The maximum atomic E-state index is 13.7. The summed E-state index contributed by atoms with van der Waals surface area (Å²) in [5.41, 5.74) is 3.01. The molecule has 0 saturated heterocycles. The number of hydrogen-bond acceptors (Lipinski definition) is 2. The molecular formula is C15H12BrClFN3. The Labute approximate surface area is 134 Å². The van der Waals surface area contributed by atoms with Gasteiger partial charge in [-0.25, -0.2) is 14.4 Å². The first-order chi connectivity index (χ1) is 10.1. The molecule has 0 aliphatic heterocycles. The van der Waals surface area contributed by atoms with Gasteiger partial charge in [0.15, 0.2) is 5.65 Å². The van der Waals surface area contributed by atoms with E-state index in [0.717, 1.165) is 21.4 Å². The van der Waals surface area contributed by atoms with Crippen molar-refractivity contribution in [3.63, 3.8) is 0 Å². The molecule has 1 aromatic carbocycles. The molecule has 0 atom stereocenters.